The molecule has 2 N–H and O–H groups in total. The first-order chi connectivity index (χ1) is 8.79. The molecule has 3 aromatic rings. The monoisotopic (exact) mass is 276 g/mol. The minimum absolute atomic E-state index is 0.231. The van der Waals surface area contributed by atoms with E-state index < -0.39 is 0 Å². The number of nitrogens with zero attached hydrogens (tertiary/aromatic N) is 1. The number of hydrogen-bond donors (Lipinski definition) is 1. The number of nitrogens with two attached hydrogens (primary N) is 1. The highest BCUT2D eigenvalue weighted by atomic mass is 32.1. The summed E-state index contributed by atoms with van der Waals surface area (Å²) in [5.41, 5.74) is 7.07. The number of ether oxygens (including phenoxy) is 1. The van der Waals surface area contributed by atoms with Crippen molar-refractivity contribution in [2.75, 3.05) is 7.11 Å². The maximum atomic E-state index is 6.29. The van der Waals surface area contributed by atoms with Crippen LogP contribution in [-0.4, -0.2) is 12.1 Å². The normalized spacial score (nSPS) is 12.8. The second-order valence-corrected chi connectivity index (χ2v) is 5.93. The third kappa shape index (κ3) is 1.90. The first kappa shape index (κ1) is 11.6. The van der Waals surface area contributed by atoms with E-state index in [1.54, 1.807) is 36.0 Å². The van der Waals surface area contributed by atoms with Gasteiger partial charge in [-0.15, -0.1) is 22.7 Å². The minimum atomic E-state index is -0.231. The number of thiophene rings is 2. The molecule has 18 heavy (non-hydrogen) atoms. The smallest absolute Gasteiger partial charge is 0.142 e. The van der Waals surface area contributed by atoms with Gasteiger partial charge < -0.3 is 10.5 Å². The molecule has 0 aliphatic rings. The fraction of sp³-hybridized carbons (Fsp3) is 0.154. The van der Waals surface area contributed by atoms with Crippen molar-refractivity contribution in [1.82, 2.24) is 4.98 Å². The van der Waals surface area contributed by atoms with Crippen LogP contribution in [0.1, 0.15) is 16.6 Å². The maximum absolute atomic E-state index is 6.29. The second kappa shape index (κ2) is 4.68. The molecule has 0 bridgehead atoms. The van der Waals surface area contributed by atoms with E-state index in [1.165, 1.54) is 9.40 Å². The predicted octanol–water partition coefficient (Wildman–Crippen LogP) is 3.41. The SMILES string of the molecule is COc1cccnc1C(N)c1cc2sccc2s1. The number of fused-ring (bicyclic) bond motifs is 1. The van der Waals surface area contributed by atoms with Gasteiger partial charge >= 0.3 is 0 Å². The largest absolute Gasteiger partial charge is 0.495 e. The Hall–Kier alpha value is -1.43. The molecule has 0 radical (unpaired) electrons. The van der Waals surface area contributed by atoms with Crippen LogP contribution >= 0.6 is 22.7 Å². The van der Waals surface area contributed by atoms with Gasteiger partial charge in [-0.1, -0.05) is 0 Å². The Labute approximate surface area is 113 Å². The van der Waals surface area contributed by atoms with Crippen molar-refractivity contribution in [2.24, 2.45) is 5.73 Å². The molecule has 0 aliphatic heterocycles. The summed E-state index contributed by atoms with van der Waals surface area (Å²) in [7, 11) is 1.64. The van der Waals surface area contributed by atoms with Crippen LogP contribution in [0.5, 0.6) is 5.75 Å². The lowest BCUT2D eigenvalue weighted by Crippen LogP contribution is -2.13. The lowest BCUT2D eigenvalue weighted by Gasteiger charge is -2.12. The standard InChI is InChI=1S/C13H12N2OS2/c1-16-8-3-2-5-15-13(8)12(14)11-7-10-9(18-11)4-6-17-10/h2-7,12H,14H2,1H3. The van der Waals surface area contributed by atoms with Crippen LogP contribution in [0.2, 0.25) is 0 Å². The maximum Gasteiger partial charge on any atom is 0.142 e. The summed E-state index contributed by atoms with van der Waals surface area (Å²) >= 11 is 3.45. The van der Waals surface area contributed by atoms with Gasteiger partial charge in [-0.25, -0.2) is 0 Å². The van der Waals surface area contributed by atoms with Gasteiger partial charge in [0.05, 0.1) is 13.2 Å². The van der Waals surface area contributed by atoms with E-state index in [1.807, 2.05) is 12.1 Å². The minimum Gasteiger partial charge on any atom is -0.495 e. The number of rotatable bonds is 3. The van der Waals surface area contributed by atoms with Gasteiger partial charge in [-0.2, -0.15) is 0 Å². The highest BCUT2D eigenvalue weighted by Gasteiger charge is 2.17. The van der Waals surface area contributed by atoms with Crippen LogP contribution < -0.4 is 10.5 Å². The topological polar surface area (TPSA) is 48.1 Å². The summed E-state index contributed by atoms with van der Waals surface area (Å²) < 4.78 is 7.86. The molecule has 3 aromatic heterocycles. The molecule has 3 heterocycles. The van der Waals surface area contributed by atoms with Crippen LogP contribution in [0, 0.1) is 0 Å². The van der Waals surface area contributed by atoms with Crippen molar-refractivity contribution < 1.29 is 4.74 Å². The molecule has 5 heteroatoms. The van der Waals surface area contributed by atoms with E-state index in [2.05, 4.69) is 22.5 Å². The molecule has 1 unspecified atom stereocenters. The Kier molecular flexibility index (Phi) is 3.03. The van der Waals surface area contributed by atoms with Crippen molar-refractivity contribution in [3.05, 3.63) is 46.4 Å². The molecule has 0 fully saturated rings. The van der Waals surface area contributed by atoms with Gasteiger partial charge in [-0.05, 0) is 29.6 Å². The average Bonchev–Trinajstić information content (AvgIpc) is 2.98. The van der Waals surface area contributed by atoms with Gasteiger partial charge in [0.15, 0.2) is 0 Å². The zero-order valence-corrected chi connectivity index (χ0v) is 11.4. The molecule has 3 rings (SSSR count). The lowest BCUT2D eigenvalue weighted by atomic mass is 10.1. The Bertz CT molecular complexity index is 646. The number of hydrogen-bond acceptors (Lipinski definition) is 5. The van der Waals surface area contributed by atoms with E-state index in [0.29, 0.717) is 0 Å². The number of pyridine rings is 1. The summed E-state index contributed by atoms with van der Waals surface area (Å²) in [5.74, 6) is 0.738. The summed E-state index contributed by atoms with van der Waals surface area (Å²) in [6.07, 6.45) is 1.74. The molecular weight excluding hydrogens is 264 g/mol. The van der Waals surface area contributed by atoms with Gasteiger partial charge in [0, 0.05) is 20.5 Å². The lowest BCUT2D eigenvalue weighted by molar-refractivity contribution is 0.405. The first-order valence-corrected chi connectivity index (χ1v) is 7.20. The second-order valence-electron chi connectivity index (χ2n) is 3.87. The van der Waals surface area contributed by atoms with Crippen molar-refractivity contribution >= 4 is 32.1 Å². The van der Waals surface area contributed by atoms with Gasteiger partial charge in [0.25, 0.3) is 0 Å². The molecule has 0 aliphatic carbocycles. The van der Waals surface area contributed by atoms with Crippen molar-refractivity contribution in [3.8, 4) is 5.75 Å². The van der Waals surface area contributed by atoms with Crippen LogP contribution in [0.15, 0.2) is 35.8 Å². The van der Waals surface area contributed by atoms with Crippen LogP contribution in [0.25, 0.3) is 9.40 Å². The first-order valence-electron chi connectivity index (χ1n) is 5.51. The number of methoxy groups -OCH3 is 1. The summed E-state index contributed by atoms with van der Waals surface area (Å²) in [5, 5.41) is 2.10. The third-order valence-electron chi connectivity index (χ3n) is 2.78. The molecular formula is C13H12N2OS2. The molecule has 0 saturated carbocycles. The van der Waals surface area contributed by atoms with E-state index in [-0.39, 0.29) is 6.04 Å². The Morgan fingerprint density at radius 3 is 3.00 bits per heavy atom. The third-order valence-corrected chi connectivity index (χ3v) is 4.96. The summed E-state index contributed by atoms with van der Waals surface area (Å²) in [6, 6.07) is 7.77. The van der Waals surface area contributed by atoms with Gasteiger partial charge in [0.1, 0.15) is 11.4 Å². The molecule has 0 spiro atoms. The molecule has 92 valence electrons. The molecule has 3 nitrogen and oxygen atoms in total. The van der Waals surface area contributed by atoms with Gasteiger partial charge in [-0.3, -0.25) is 4.98 Å². The quantitative estimate of drug-likeness (QED) is 0.797. The van der Waals surface area contributed by atoms with Crippen molar-refractivity contribution in [2.45, 2.75) is 6.04 Å². The van der Waals surface area contributed by atoms with E-state index in [4.69, 9.17) is 10.5 Å². The van der Waals surface area contributed by atoms with E-state index in [9.17, 15) is 0 Å². The van der Waals surface area contributed by atoms with Gasteiger partial charge in [0.2, 0.25) is 0 Å². The summed E-state index contributed by atoms with van der Waals surface area (Å²) in [4.78, 5) is 5.46. The Morgan fingerprint density at radius 1 is 1.33 bits per heavy atom. The number of aromatic nitrogens is 1. The Morgan fingerprint density at radius 2 is 2.22 bits per heavy atom. The highest BCUT2D eigenvalue weighted by molar-refractivity contribution is 7.27. The van der Waals surface area contributed by atoms with E-state index in [0.717, 1.165) is 16.3 Å². The van der Waals surface area contributed by atoms with E-state index >= 15 is 0 Å². The van der Waals surface area contributed by atoms with Crippen molar-refractivity contribution in [1.29, 1.82) is 0 Å². The molecule has 0 amide bonds. The van der Waals surface area contributed by atoms with Crippen LogP contribution in [0.3, 0.4) is 0 Å². The predicted molar refractivity (Wildman–Crippen MR) is 76.5 cm³/mol. The average molecular weight is 276 g/mol. The molecule has 0 saturated heterocycles. The molecule has 0 aromatic carbocycles. The van der Waals surface area contributed by atoms with Crippen LogP contribution in [-0.2, 0) is 0 Å². The highest BCUT2D eigenvalue weighted by Crippen LogP contribution is 2.36. The fourth-order valence-electron chi connectivity index (χ4n) is 1.88. The van der Waals surface area contributed by atoms with Crippen molar-refractivity contribution in [3.63, 3.8) is 0 Å². The fourth-order valence-corrected chi connectivity index (χ4v) is 4.01. The summed E-state index contributed by atoms with van der Waals surface area (Å²) in [6.45, 7) is 0. The Balaban J connectivity index is 2.03. The zero-order chi connectivity index (χ0) is 12.5. The van der Waals surface area contributed by atoms with Crippen LogP contribution in [0.4, 0.5) is 0 Å². The zero-order valence-electron chi connectivity index (χ0n) is 9.79. The molecule has 1 atom stereocenters.